The molecule has 0 spiro atoms. The van der Waals surface area contributed by atoms with Gasteiger partial charge in [0.25, 0.3) is 0 Å². The summed E-state index contributed by atoms with van der Waals surface area (Å²) in [6.45, 7) is 5.83. The summed E-state index contributed by atoms with van der Waals surface area (Å²) in [6, 6.07) is 13.6. The molecule has 1 fully saturated rings. The second-order valence-electron chi connectivity index (χ2n) is 8.66. The lowest BCUT2D eigenvalue weighted by molar-refractivity contribution is 0.164. The number of hydrogen-bond acceptors (Lipinski definition) is 6. The first kappa shape index (κ1) is 21.7. The van der Waals surface area contributed by atoms with Crippen molar-refractivity contribution in [2.75, 3.05) is 31.7 Å². The molecule has 0 saturated carbocycles. The molecule has 3 aromatic rings. The van der Waals surface area contributed by atoms with Gasteiger partial charge in [-0.2, -0.15) is 0 Å². The second-order valence-corrected chi connectivity index (χ2v) is 9.51. The van der Waals surface area contributed by atoms with Crippen LogP contribution >= 0.6 is 11.3 Å². The van der Waals surface area contributed by atoms with Crippen LogP contribution in [0.15, 0.2) is 47.8 Å². The molecule has 0 bridgehead atoms. The number of carbonyl (C=O) groups is 1. The summed E-state index contributed by atoms with van der Waals surface area (Å²) >= 11 is 1.65. The van der Waals surface area contributed by atoms with Gasteiger partial charge in [0.15, 0.2) is 11.5 Å². The summed E-state index contributed by atoms with van der Waals surface area (Å²) in [4.78, 5) is 19.5. The quantitative estimate of drug-likeness (QED) is 0.544. The van der Waals surface area contributed by atoms with Crippen molar-refractivity contribution >= 4 is 23.1 Å². The fraction of sp³-hybridized carbons (Fsp3) is 0.360. The zero-order valence-electron chi connectivity index (χ0n) is 18.7. The minimum Gasteiger partial charge on any atom is -0.454 e. The molecular formula is C25H28N4O3S. The van der Waals surface area contributed by atoms with Crippen LogP contribution in [0.1, 0.15) is 24.1 Å². The molecule has 2 aliphatic rings. The van der Waals surface area contributed by atoms with Crippen LogP contribution in [-0.2, 0) is 6.54 Å². The minimum atomic E-state index is -0.149. The van der Waals surface area contributed by atoms with Gasteiger partial charge in [-0.05, 0) is 62.6 Å². The minimum absolute atomic E-state index is 0.149. The Bertz CT molecular complexity index is 1120. The van der Waals surface area contributed by atoms with Crippen molar-refractivity contribution in [3.8, 4) is 22.1 Å². The number of amides is 2. The third-order valence-electron chi connectivity index (χ3n) is 6.02. The molecular weight excluding hydrogens is 436 g/mol. The van der Waals surface area contributed by atoms with E-state index in [0.717, 1.165) is 65.9 Å². The number of aryl methyl sites for hydroxylation is 1. The van der Waals surface area contributed by atoms with E-state index >= 15 is 0 Å². The highest BCUT2D eigenvalue weighted by atomic mass is 32.1. The predicted molar refractivity (Wildman–Crippen MR) is 130 cm³/mol. The van der Waals surface area contributed by atoms with Gasteiger partial charge in [0.05, 0.1) is 5.69 Å². The molecule has 2 aliphatic heterocycles. The zero-order chi connectivity index (χ0) is 22.6. The number of ether oxygens (including phenoxy) is 2. The lowest BCUT2D eigenvalue weighted by Gasteiger charge is -2.32. The number of anilines is 1. The maximum Gasteiger partial charge on any atom is 0.319 e. The summed E-state index contributed by atoms with van der Waals surface area (Å²) in [6.07, 6.45) is 2.26. The average Bonchev–Trinajstić information content (AvgIpc) is 3.48. The lowest BCUT2D eigenvalue weighted by Crippen LogP contribution is -2.41. The van der Waals surface area contributed by atoms with E-state index < -0.39 is 0 Å². The Morgan fingerprint density at radius 3 is 2.91 bits per heavy atom. The molecule has 0 radical (unpaired) electrons. The monoisotopic (exact) mass is 464 g/mol. The molecule has 1 atom stereocenters. The lowest BCUT2D eigenvalue weighted by atomic mass is 9.98. The van der Waals surface area contributed by atoms with Gasteiger partial charge in [-0.3, -0.25) is 4.90 Å². The van der Waals surface area contributed by atoms with E-state index in [1.165, 1.54) is 5.56 Å². The molecule has 5 rings (SSSR count). The van der Waals surface area contributed by atoms with E-state index in [-0.39, 0.29) is 12.8 Å². The number of nitrogens with one attached hydrogen (secondary N) is 2. The SMILES string of the molecule is Cc1ccc(NC(=O)NCC2CCCN(Cc3csc(-c4ccc5c(c4)OCO5)n3)C2)cc1. The third kappa shape index (κ3) is 5.46. The molecule has 172 valence electrons. The molecule has 1 aromatic heterocycles. The van der Waals surface area contributed by atoms with Crippen molar-refractivity contribution in [1.29, 1.82) is 0 Å². The van der Waals surface area contributed by atoms with Gasteiger partial charge in [0.2, 0.25) is 6.79 Å². The van der Waals surface area contributed by atoms with Crippen molar-refractivity contribution in [3.05, 3.63) is 59.1 Å². The number of nitrogens with zero attached hydrogens (tertiary/aromatic N) is 2. The molecule has 8 heteroatoms. The van der Waals surface area contributed by atoms with E-state index in [4.69, 9.17) is 14.5 Å². The Morgan fingerprint density at radius 2 is 2.03 bits per heavy atom. The number of likely N-dealkylation sites (tertiary alicyclic amines) is 1. The fourth-order valence-corrected chi connectivity index (χ4v) is 5.09. The van der Waals surface area contributed by atoms with Crippen LogP contribution in [-0.4, -0.2) is 42.3 Å². The molecule has 7 nitrogen and oxygen atoms in total. The summed E-state index contributed by atoms with van der Waals surface area (Å²) in [5.41, 5.74) is 4.12. The highest BCUT2D eigenvalue weighted by Crippen LogP contribution is 2.36. The Morgan fingerprint density at radius 1 is 1.18 bits per heavy atom. The van der Waals surface area contributed by atoms with Crippen LogP contribution in [0.2, 0.25) is 0 Å². The highest BCUT2D eigenvalue weighted by Gasteiger charge is 2.22. The normalized spacial score (nSPS) is 17.7. The second kappa shape index (κ2) is 9.80. The Kier molecular flexibility index (Phi) is 6.46. The van der Waals surface area contributed by atoms with Crippen molar-refractivity contribution in [2.24, 2.45) is 5.92 Å². The first-order valence-corrected chi connectivity index (χ1v) is 12.2. The first-order chi connectivity index (χ1) is 16.1. The standard InChI is InChI=1S/C25H28N4O3S/c1-17-4-7-20(8-5-17)28-25(30)26-12-18-3-2-10-29(13-18)14-21-15-33-24(27-21)19-6-9-22-23(11-19)32-16-31-22/h4-9,11,15,18H,2-3,10,12-14,16H2,1H3,(H2,26,28,30). The van der Waals surface area contributed by atoms with E-state index in [1.54, 1.807) is 11.3 Å². The van der Waals surface area contributed by atoms with Crippen LogP contribution in [0.3, 0.4) is 0 Å². The van der Waals surface area contributed by atoms with Crippen LogP contribution in [0.25, 0.3) is 10.6 Å². The van der Waals surface area contributed by atoms with Crippen molar-refractivity contribution < 1.29 is 14.3 Å². The Balaban J connectivity index is 1.12. The number of urea groups is 1. The summed E-state index contributed by atoms with van der Waals surface area (Å²) in [5, 5.41) is 9.07. The number of hydrogen-bond donors (Lipinski definition) is 2. The van der Waals surface area contributed by atoms with E-state index in [2.05, 4.69) is 20.9 Å². The Hall–Kier alpha value is -3.10. The highest BCUT2D eigenvalue weighted by molar-refractivity contribution is 7.13. The smallest absolute Gasteiger partial charge is 0.319 e. The average molecular weight is 465 g/mol. The van der Waals surface area contributed by atoms with Gasteiger partial charge < -0.3 is 20.1 Å². The van der Waals surface area contributed by atoms with Gasteiger partial charge in [0, 0.05) is 36.3 Å². The number of benzene rings is 2. The topological polar surface area (TPSA) is 75.7 Å². The van der Waals surface area contributed by atoms with Crippen LogP contribution in [0, 0.1) is 12.8 Å². The molecule has 2 N–H and O–H groups in total. The molecule has 2 amide bonds. The van der Waals surface area contributed by atoms with Gasteiger partial charge in [-0.15, -0.1) is 11.3 Å². The summed E-state index contributed by atoms with van der Waals surface area (Å²) in [5.74, 6) is 2.01. The van der Waals surface area contributed by atoms with E-state index in [0.29, 0.717) is 12.5 Å². The number of carbonyl (C=O) groups excluding carboxylic acids is 1. The van der Waals surface area contributed by atoms with Gasteiger partial charge in [-0.1, -0.05) is 17.7 Å². The van der Waals surface area contributed by atoms with Gasteiger partial charge >= 0.3 is 6.03 Å². The number of fused-ring (bicyclic) bond motifs is 1. The third-order valence-corrected chi connectivity index (χ3v) is 6.96. The van der Waals surface area contributed by atoms with E-state index in [9.17, 15) is 4.79 Å². The number of thiazole rings is 1. The van der Waals surface area contributed by atoms with Crippen molar-refractivity contribution in [2.45, 2.75) is 26.3 Å². The molecule has 1 saturated heterocycles. The molecule has 1 unspecified atom stereocenters. The number of aromatic nitrogens is 1. The van der Waals surface area contributed by atoms with Crippen LogP contribution in [0.5, 0.6) is 11.5 Å². The van der Waals surface area contributed by atoms with Gasteiger partial charge in [0.1, 0.15) is 5.01 Å². The molecule has 2 aromatic carbocycles. The first-order valence-electron chi connectivity index (χ1n) is 11.3. The molecule has 3 heterocycles. The maximum absolute atomic E-state index is 12.3. The molecule has 0 aliphatic carbocycles. The van der Waals surface area contributed by atoms with Crippen LogP contribution < -0.4 is 20.1 Å². The number of rotatable bonds is 6. The van der Waals surface area contributed by atoms with Crippen molar-refractivity contribution in [1.82, 2.24) is 15.2 Å². The van der Waals surface area contributed by atoms with Crippen molar-refractivity contribution in [3.63, 3.8) is 0 Å². The largest absolute Gasteiger partial charge is 0.454 e. The Labute approximate surface area is 197 Å². The fourth-order valence-electron chi connectivity index (χ4n) is 4.28. The summed E-state index contributed by atoms with van der Waals surface area (Å²) < 4.78 is 10.9. The molecule has 33 heavy (non-hydrogen) atoms. The maximum atomic E-state index is 12.3. The number of piperidine rings is 1. The van der Waals surface area contributed by atoms with Crippen LogP contribution in [0.4, 0.5) is 10.5 Å². The van der Waals surface area contributed by atoms with Gasteiger partial charge in [-0.25, -0.2) is 9.78 Å². The summed E-state index contributed by atoms with van der Waals surface area (Å²) in [7, 11) is 0. The predicted octanol–water partition coefficient (Wildman–Crippen LogP) is 4.88. The van der Waals surface area contributed by atoms with E-state index in [1.807, 2.05) is 49.4 Å². The zero-order valence-corrected chi connectivity index (χ0v) is 19.5.